The van der Waals surface area contributed by atoms with Crippen LogP contribution < -0.4 is 10.5 Å². The first-order valence-corrected chi connectivity index (χ1v) is 6.65. The first-order valence-electron chi connectivity index (χ1n) is 5.84. The number of thiazole rings is 1. The van der Waals surface area contributed by atoms with Crippen molar-refractivity contribution in [3.8, 4) is 23.1 Å². The Morgan fingerprint density at radius 2 is 2.00 bits per heavy atom. The van der Waals surface area contributed by atoms with Crippen molar-refractivity contribution in [2.24, 2.45) is 0 Å². The van der Waals surface area contributed by atoms with Crippen molar-refractivity contribution in [1.82, 2.24) is 9.97 Å². The molecule has 2 aromatic heterocycles. The van der Waals surface area contributed by atoms with E-state index in [1.807, 2.05) is 30.3 Å². The maximum absolute atomic E-state index is 9.35. The van der Waals surface area contributed by atoms with Crippen LogP contribution in [0, 0.1) is 11.3 Å². The lowest BCUT2D eigenvalue weighted by atomic mass is 10.0. The molecule has 0 amide bonds. The van der Waals surface area contributed by atoms with E-state index in [9.17, 15) is 5.26 Å². The molecule has 0 aliphatic rings. The van der Waals surface area contributed by atoms with Gasteiger partial charge in [0.15, 0.2) is 10.8 Å². The number of anilines is 1. The van der Waals surface area contributed by atoms with E-state index in [1.165, 1.54) is 18.4 Å². The molecule has 0 radical (unpaired) electrons. The van der Waals surface area contributed by atoms with Gasteiger partial charge in [-0.2, -0.15) is 10.2 Å². The molecule has 1 aromatic carbocycles. The lowest BCUT2D eigenvalue weighted by molar-refractivity contribution is 0.402. The van der Waals surface area contributed by atoms with Gasteiger partial charge in [-0.25, -0.2) is 4.98 Å². The zero-order valence-corrected chi connectivity index (χ0v) is 11.4. The van der Waals surface area contributed by atoms with Gasteiger partial charge in [0.05, 0.1) is 11.8 Å². The lowest BCUT2D eigenvalue weighted by Gasteiger charge is -2.07. The summed E-state index contributed by atoms with van der Waals surface area (Å²) < 4.78 is 6.02. The average molecular weight is 282 g/mol. The lowest BCUT2D eigenvalue weighted by Crippen LogP contribution is -1.95. The van der Waals surface area contributed by atoms with Gasteiger partial charge >= 0.3 is 0 Å². The van der Waals surface area contributed by atoms with E-state index in [0.29, 0.717) is 22.2 Å². The molecule has 0 saturated heterocycles. The quantitative estimate of drug-likeness (QED) is 0.781. The van der Waals surface area contributed by atoms with Gasteiger partial charge in [0.2, 0.25) is 5.88 Å². The summed E-state index contributed by atoms with van der Waals surface area (Å²) in [6.45, 7) is 0. The Morgan fingerprint density at radius 3 is 2.65 bits per heavy atom. The first kappa shape index (κ1) is 12.4. The zero-order valence-electron chi connectivity index (χ0n) is 10.6. The van der Waals surface area contributed by atoms with Crippen molar-refractivity contribution in [3.63, 3.8) is 0 Å². The molecular formula is C14H10N4OS. The maximum atomic E-state index is 9.35. The van der Waals surface area contributed by atoms with Crippen molar-refractivity contribution in [2.75, 3.05) is 12.8 Å². The standard InChI is InChI=1S/C14H10N4OS/c1-19-13-11-12(20-14(16)18-11)10(9(7-15)17-13)8-5-3-2-4-6-8/h2-6H,1H3,(H2,16,18). The summed E-state index contributed by atoms with van der Waals surface area (Å²) in [5, 5.41) is 9.77. The third-order valence-corrected chi connectivity index (χ3v) is 3.79. The SMILES string of the molecule is COc1nc(C#N)c(-c2ccccc2)c2sc(N)nc12. The van der Waals surface area contributed by atoms with E-state index in [-0.39, 0.29) is 0 Å². The van der Waals surface area contributed by atoms with Crippen molar-refractivity contribution in [2.45, 2.75) is 0 Å². The molecule has 98 valence electrons. The molecule has 0 bridgehead atoms. The molecule has 0 atom stereocenters. The minimum absolute atomic E-state index is 0.309. The number of methoxy groups -OCH3 is 1. The largest absolute Gasteiger partial charge is 0.479 e. The zero-order chi connectivity index (χ0) is 14.1. The van der Waals surface area contributed by atoms with Crippen LogP contribution in [0.1, 0.15) is 5.69 Å². The van der Waals surface area contributed by atoms with Gasteiger partial charge in [0.25, 0.3) is 0 Å². The number of nitriles is 1. The van der Waals surface area contributed by atoms with E-state index < -0.39 is 0 Å². The molecule has 3 aromatic rings. The van der Waals surface area contributed by atoms with Crippen molar-refractivity contribution in [1.29, 1.82) is 5.26 Å². The third-order valence-electron chi connectivity index (χ3n) is 2.89. The van der Waals surface area contributed by atoms with E-state index in [4.69, 9.17) is 10.5 Å². The molecule has 3 rings (SSSR count). The number of hydrogen-bond donors (Lipinski definition) is 1. The summed E-state index contributed by atoms with van der Waals surface area (Å²) in [7, 11) is 1.50. The van der Waals surface area contributed by atoms with Crippen LogP contribution in [0.15, 0.2) is 30.3 Å². The van der Waals surface area contributed by atoms with E-state index in [1.54, 1.807) is 0 Å². The van der Waals surface area contributed by atoms with Gasteiger partial charge in [-0.1, -0.05) is 41.7 Å². The molecule has 0 fully saturated rings. The molecule has 2 heterocycles. The number of rotatable bonds is 2. The van der Waals surface area contributed by atoms with Gasteiger partial charge in [0.1, 0.15) is 11.6 Å². The van der Waals surface area contributed by atoms with Gasteiger partial charge in [-0.3, -0.25) is 0 Å². The average Bonchev–Trinajstić information content (AvgIpc) is 2.87. The predicted octanol–water partition coefficient (Wildman–Crippen LogP) is 2.82. The molecule has 0 unspecified atom stereocenters. The Bertz CT molecular complexity index is 821. The number of fused-ring (bicyclic) bond motifs is 1. The minimum atomic E-state index is 0.309. The summed E-state index contributed by atoms with van der Waals surface area (Å²) in [5.41, 5.74) is 8.35. The molecular weight excluding hydrogens is 272 g/mol. The number of aromatic nitrogens is 2. The van der Waals surface area contributed by atoms with Crippen LogP contribution in [0.4, 0.5) is 5.13 Å². The highest BCUT2D eigenvalue weighted by Crippen LogP contribution is 2.39. The number of nitrogens with zero attached hydrogens (tertiary/aromatic N) is 3. The second-order valence-corrected chi connectivity index (χ2v) is 5.08. The molecule has 20 heavy (non-hydrogen) atoms. The summed E-state index contributed by atoms with van der Waals surface area (Å²) in [6.07, 6.45) is 0. The monoisotopic (exact) mass is 282 g/mol. The molecule has 0 aliphatic heterocycles. The Labute approximate surface area is 119 Å². The highest BCUT2D eigenvalue weighted by Gasteiger charge is 2.19. The predicted molar refractivity (Wildman–Crippen MR) is 78.5 cm³/mol. The molecule has 0 saturated carbocycles. The van der Waals surface area contributed by atoms with Gasteiger partial charge in [-0.15, -0.1) is 0 Å². The Balaban J connectivity index is 2.44. The normalized spacial score (nSPS) is 10.4. The van der Waals surface area contributed by atoms with Crippen molar-refractivity contribution in [3.05, 3.63) is 36.0 Å². The summed E-state index contributed by atoms with van der Waals surface area (Å²) >= 11 is 1.33. The summed E-state index contributed by atoms with van der Waals surface area (Å²) in [5.74, 6) is 0.323. The number of nitrogens with two attached hydrogens (primary N) is 1. The van der Waals surface area contributed by atoms with Crippen molar-refractivity contribution >= 4 is 26.7 Å². The van der Waals surface area contributed by atoms with Crippen LogP contribution in [0.2, 0.25) is 0 Å². The second-order valence-electron chi connectivity index (χ2n) is 4.05. The molecule has 0 spiro atoms. The van der Waals surface area contributed by atoms with Crippen LogP contribution in [0.5, 0.6) is 5.88 Å². The topological polar surface area (TPSA) is 84.8 Å². The Hall–Kier alpha value is -2.65. The van der Waals surface area contributed by atoms with Crippen LogP contribution in [-0.2, 0) is 0 Å². The molecule has 6 heteroatoms. The second kappa shape index (κ2) is 4.79. The number of hydrogen-bond acceptors (Lipinski definition) is 6. The Kier molecular flexibility index (Phi) is 2.97. The van der Waals surface area contributed by atoms with Gasteiger partial charge < -0.3 is 10.5 Å². The molecule has 5 nitrogen and oxygen atoms in total. The highest BCUT2D eigenvalue weighted by molar-refractivity contribution is 7.22. The van der Waals surface area contributed by atoms with E-state index in [0.717, 1.165) is 15.8 Å². The number of ether oxygens (including phenoxy) is 1. The smallest absolute Gasteiger partial charge is 0.242 e. The number of nitrogen functional groups attached to an aromatic ring is 1. The van der Waals surface area contributed by atoms with E-state index >= 15 is 0 Å². The van der Waals surface area contributed by atoms with Crippen LogP contribution >= 0.6 is 11.3 Å². The number of pyridine rings is 1. The fourth-order valence-corrected chi connectivity index (χ4v) is 2.96. The summed E-state index contributed by atoms with van der Waals surface area (Å²) in [6, 6.07) is 11.7. The van der Waals surface area contributed by atoms with Crippen LogP contribution in [-0.4, -0.2) is 17.1 Å². The summed E-state index contributed by atoms with van der Waals surface area (Å²) in [4.78, 5) is 8.48. The highest BCUT2D eigenvalue weighted by atomic mass is 32.1. The third kappa shape index (κ3) is 1.85. The van der Waals surface area contributed by atoms with Gasteiger partial charge in [-0.05, 0) is 5.56 Å². The van der Waals surface area contributed by atoms with Crippen molar-refractivity contribution < 1.29 is 4.74 Å². The first-order chi connectivity index (χ1) is 9.74. The maximum Gasteiger partial charge on any atom is 0.242 e. The minimum Gasteiger partial charge on any atom is -0.479 e. The van der Waals surface area contributed by atoms with Crippen LogP contribution in [0.3, 0.4) is 0 Å². The fourth-order valence-electron chi connectivity index (χ4n) is 2.06. The molecule has 0 aliphatic carbocycles. The molecule has 2 N–H and O–H groups in total. The Morgan fingerprint density at radius 1 is 1.25 bits per heavy atom. The van der Waals surface area contributed by atoms with Crippen LogP contribution in [0.25, 0.3) is 21.3 Å². The number of benzene rings is 1. The van der Waals surface area contributed by atoms with Gasteiger partial charge in [0, 0.05) is 5.56 Å². The van der Waals surface area contributed by atoms with E-state index in [2.05, 4.69) is 16.0 Å². The fraction of sp³-hybridized carbons (Fsp3) is 0.0714.